The van der Waals surface area contributed by atoms with Gasteiger partial charge in [0.1, 0.15) is 11.7 Å². The van der Waals surface area contributed by atoms with Crippen molar-refractivity contribution in [2.24, 2.45) is 0 Å². The largest absolute Gasteiger partial charge is 0.444 e. The fourth-order valence-corrected chi connectivity index (χ4v) is 1.26. The van der Waals surface area contributed by atoms with Gasteiger partial charge < -0.3 is 4.74 Å². The predicted octanol–water partition coefficient (Wildman–Crippen LogP) is 2.81. The van der Waals surface area contributed by atoms with Crippen molar-refractivity contribution in [3.05, 3.63) is 33.9 Å². The number of hydrogen-bond donors (Lipinski definition) is 1. The van der Waals surface area contributed by atoms with Crippen LogP contribution in [0.15, 0.2) is 18.2 Å². The number of nitro benzene ring substituents is 1. The van der Waals surface area contributed by atoms with Gasteiger partial charge in [0.2, 0.25) is 0 Å². The topological polar surface area (TPSA) is 105 Å². The van der Waals surface area contributed by atoms with Crippen LogP contribution < -0.4 is 5.32 Å². The number of anilines is 1. The van der Waals surface area contributed by atoms with Gasteiger partial charge in [-0.3, -0.25) is 15.4 Å². The van der Waals surface area contributed by atoms with E-state index in [0.29, 0.717) is 0 Å². The Balaban J connectivity index is 2.99. The number of amides is 1. The molecule has 7 heteroatoms. The minimum absolute atomic E-state index is 0.0472. The molecule has 0 atom stereocenters. The fraction of sp³-hybridized carbons (Fsp3) is 0.333. The summed E-state index contributed by atoms with van der Waals surface area (Å²) < 4.78 is 5.01. The molecule has 1 rings (SSSR count). The Kier molecular flexibility index (Phi) is 4.07. The van der Waals surface area contributed by atoms with Crippen LogP contribution in [0.25, 0.3) is 0 Å². The van der Waals surface area contributed by atoms with Crippen molar-refractivity contribution in [2.75, 3.05) is 5.32 Å². The van der Waals surface area contributed by atoms with E-state index in [2.05, 4.69) is 5.32 Å². The monoisotopic (exact) mass is 263 g/mol. The molecule has 0 fully saturated rings. The Morgan fingerprint density at radius 3 is 2.58 bits per heavy atom. The lowest BCUT2D eigenvalue weighted by molar-refractivity contribution is -0.384. The third kappa shape index (κ3) is 4.27. The Morgan fingerprint density at radius 2 is 2.11 bits per heavy atom. The standard InChI is InChI=1S/C12H13N3O4/c1-12(2,3)19-11(16)14-10-6-9(15(17)18)5-4-8(10)7-13/h4-6H,1-3H3,(H,14,16). The van der Waals surface area contributed by atoms with Crippen LogP contribution in [0.4, 0.5) is 16.2 Å². The number of nitriles is 1. The van der Waals surface area contributed by atoms with E-state index in [1.165, 1.54) is 12.1 Å². The summed E-state index contributed by atoms with van der Waals surface area (Å²) in [6.45, 7) is 5.06. The Hall–Kier alpha value is -2.62. The zero-order valence-electron chi connectivity index (χ0n) is 10.8. The molecule has 1 aromatic rings. The van der Waals surface area contributed by atoms with Crippen LogP contribution in [-0.2, 0) is 4.74 Å². The summed E-state index contributed by atoms with van der Waals surface area (Å²) in [5.74, 6) is 0. The lowest BCUT2D eigenvalue weighted by atomic mass is 10.1. The third-order valence-electron chi connectivity index (χ3n) is 1.97. The average molecular weight is 263 g/mol. The van der Waals surface area contributed by atoms with Gasteiger partial charge in [0, 0.05) is 12.1 Å². The maximum absolute atomic E-state index is 11.6. The van der Waals surface area contributed by atoms with E-state index in [4.69, 9.17) is 10.00 Å². The number of carbonyl (C=O) groups excluding carboxylic acids is 1. The summed E-state index contributed by atoms with van der Waals surface area (Å²) in [5.41, 5.74) is -0.745. The highest BCUT2D eigenvalue weighted by Crippen LogP contribution is 2.22. The summed E-state index contributed by atoms with van der Waals surface area (Å²) in [6, 6.07) is 5.41. The van der Waals surface area contributed by atoms with Crippen molar-refractivity contribution >= 4 is 17.5 Å². The summed E-state index contributed by atoms with van der Waals surface area (Å²) in [4.78, 5) is 21.6. The maximum Gasteiger partial charge on any atom is 0.412 e. The number of non-ortho nitro benzene ring substituents is 1. The van der Waals surface area contributed by atoms with E-state index in [9.17, 15) is 14.9 Å². The molecule has 0 radical (unpaired) electrons. The number of benzene rings is 1. The zero-order chi connectivity index (χ0) is 14.6. The molecule has 0 bridgehead atoms. The second-order valence-corrected chi connectivity index (χ2v) is 4.73. The second-order valence-electron chi connectivity index (χ2n) is 4.73. The molecule has 1 amide bonds. The molecular formula is C12H13N3O4. The maximum atomic E-state index is 11.6. The van der Waals surface area contributed by atoms with Crippen molar-refractivity contribution in [3.8, 4) is 6.07 Å². The highest BCUT2D eigenvalue weighted by molar-refractivity contribution is 5.87. The van der Waals surface area contributed by atoms with Crippen molar-refractivity contribution in [2.45, 2.75) is 26.4 Å². The second kappa shape index (κ2) is 5.35. The molecule has 0 saturated carbocycles. The molecule has 0 aliphatic rings. The summed E-state index contributed by atoms with van der Waals surface area (Å²) in [5, 5.41) is 21.9. The van der Waals surface area contributed by atoms with Gasteiger partial charge in [-0.25, -0.2) is 4.79 Å². The van der Waals surface area contributed by atoms with Gasteiger partial charge in [-0.05, 0) is 26.8 Å². The fourth-order valence-electron chi connectivity index (χ4n) is 1.26. The molecule has 0 aliphatic heterocycles. The van der Waals surface area contributed by atoms with Crippen molar-refractivity contribution in [3.63, 3.8) is 0 Å². The molecule has 1 aromatic carbocycles. The Labute approximate surface area is 109 Å². The highest BCUT2D eigenvalue weighted by Gasteiger charge is 2.18. The number of nitrogens with zero attached hydrogens (tertiary/aromatic N) is 2. The predicted molar refractivity (Wildman–Crippen MR) is 67.7 cm³/mol. The quantitative estimate of drug-likeness (QED) is 0.652. The SMILES string of the molecule is CC(C)(C)OC(=O)Nc1cc([N+](=O)[O-])ccc1C#N. The molecular weight excluding hydrogens is 250 g/mol. The van der Waals surface area contributed by atoms with Gasteiger partial charge in [0.15, 0.2) is 0 Å². The number of nitrogens with one attached hydrogen (secondary N) is 1. The molecule has 0 saturated heterocycles. The molecule has 0 unspecified atom stereocenters. The number of hydrogen-bond acceptors (Lipinski definition) is 5. The molecule has 1 N–H and O–H groups in total. The van der Waals surface area contributed by atoms with Gasteiger partial charge in [0.25, 0.3) is 5.69 Å². The molecule has 0 spiro atoms. The normalized spacial score (nSPS) is 10.4. The molecule has 0 aliphatic carbocycles. The molecule has 7 nitrogen and oxygen atoms in total. The lowest BCUT2D eigenvalue weighted by Gasteiger charge is -2.19. The first-order valence-corrected chi connectivity index (χ1v) is 5.41. The van der Waals surface area contributed by atoms with Gasteiger partial charge in [-0.1, -0.05) is 0 Å². The van der Waals surface area contributed by atoms with Gasteiger partial charge in [-0.2, -0.15) is 5.26 Å². The molecule has 0 heterocycles. The summed E-state index contributed by atoms with van der Waals surface area (Å²) in [6.07, 6.45) is -0.774. The summed E-state index contributed by atoms with van der Waals surface area (Å²) >= 11 is 0. The van der Waals surface area contributed by atoms with E-state index < -0.39 is 16.6 Å². The van der Waals surface area contributed by atoms with Crippen LogP contribution in [0.1, 0.15) is 26.3 Å². The average Bonchev–Trinajstić information content (AvgIpc) is 2.26. The molecule has 100 valence electrons. The van der Waals surface area contributed by atoms with Crippen molar-refractivity contribution < 1.29 is 14.5 Å². The number of nitro groups is 1. The smallest absolute Gasteiger partial charge is 0.412 e. The molecule has 0 aromatic heterocycles. The Bertz CT molecular complexity index is 555. The van der Waals surface area contributed by atoms with Crippen LogP contribution in [0.3, 0.4) is 0 Å². The van der Waals surface area contributed by atoms with E-state index in [-0.39, 0.29) is 16.9 Å². The van der Waals surface area contributed by atoms with Crippen molar-refractivity contribution in [1.29, 1.82) is 5.26 Å². The Morgan fingerprint density at radius 1 is 1.47 bits per heavy atom. The van der Waals surface area contributed by atoms with Crippen LogP contribution in [-0.4, -0.2) is 16.6 Å². The minimum atomic E-state index is -0.774. The third-order valence-corrected chi connectivity index (χ3v) is 1.97. The zero-order valence-corrected chi connectivity index (χ0v) is 10.8. The molecule has 19 heavy (non-hydrogen) atoms. The minimum Gasteiger partial charge on any atom is -0.444 e. The first-order chi connectivity index (χ1) is 8.73. The van der Waals surface area contributed by atoms with Crippen LogP contribution in [0.5, 0.6) is 0 Å². The van der Waals surface area contributed by atoms with Crippen LogP contribution in [0, 0.1) is 21.4 Å². The van der Waals surface area contributed by atoms with Gasteiger partial charge in [0.05, 0.1) is 16.2 Å². The first-order valence-electron chi connectivity index (χ1n) is 5.41. The first kappa shape index (κ1) is 14.4. The van der Waals surface area contributed by atoms with Crippen LogP contribution in [0.2, 0.25) is 0 Å². The van der Waals surface area contributed by atoms with E-state index in [1.54, 1.807) is 20.8 Å². The van der Waals surface area contributed by atoms with Gasteiger partial charge in [-0.15, -0.1) is 0 Å². The number of carbonyl (C=O) groups is 1. The van der Waals surface area contributed by atoms with Crippen molar-refractivity contribution in [1.82, 2.24) is 0 Å². The van der Waals surface area contributed by atoms with Crippen LogP contribution >= 0.6 is 0 Å². The van der Waals surface area contributed by atoms with Gasteiger partial charge >= 0.3 is 6.09 Å². The van der Waals surface area contributed by atoms with E-state index in [1.807, 2.05) is 6.07 Å². The number of ether oxygens (including phenoxy) is 1. The number of rotatable bonds is 2. The van der Waals surface area contributed by atoms with E-state index in [0.717, 1.165) is 6.07 Å². The summed E-state index contributed by atoms with van der Waals surface area (Å²) in [7, 11) is 0. The highest BCUT2D eigenvalue weighted by atomic mass is 16.6. The van der Waals surface area contributed by atoms with E-state index >= 15 is 0 Å². The lowest BCUT2D eigenvalue weighted by Crippen LogP contribution is -2.27.